The summed E-state index contributed by atoms with van der Waals surface area (Å²) >= 11 is 4.90. The molecule has 6 nitrogen and oxygen atoms in total. The summed E-state index contributed by atoms with van der Waals surface area (Å²) in [6, 6.07) is 0.986. The van der Waals surface area contributed by atoms with Crippen LogP contribution in [0.15, 0.2) is 10.5 Å². The van der Waals surface area contributed by atoms with Crippen molar-refractivity contribution in [3.8, 4) is 5.75 Å². The molecule has 1 rings (SSSR count). The minimum Gasteiger partial charge on any atom is -0.486 e. The first kappa shape index (κ1) is 14.2. The average Bonchev–Trinajstić information content (AvgIpc) is 2.24. The molecule has 1 N–H and O–H groups in total. The van der Waals surface area contributed by atoms with Crippen LogP contribution in [0.2, 0.25) is 0 Å². The van der Waals surface area contributed by atoms with E-state index in [0.29, 0.717) is 3.57 Å². The monoisotopic (exact) mass is 415 g/mol. The van der Waals surface area contributed by atoms with Crippen molar-refractivity contribution in [2.45, 2.75) is 6.92 Å². The molecule has 0 radical (unpaired) electrons. The third-order valence-corrected chi connectivity index (χ3v) is 4.45. The van der Waals surface area contributed by atoms with Gasteiger partial charge < -0.3 is 9.84 Å². The SMILES string of the molecule is CCOc1c([N+](=O)[O-])cc(C(=O)O)c(Br)c1I. The Kier molecular flexibility index (Phi) is 4.69. The molecule has 0 saturated carbocycles. The predicted molar refractivity (Wildman–Crippen MR) is 71.6 cm³/mol. The minimum absolute atomic E-state index is 0.0787. The van der Waals surface area contributed by atoms with Gasteiger partial charge in [-0.3, -0.25) is 10.1 Å². The lowest BCUT2D eigenvalue weighted by molar-refractivity contribution is -0.386. The van der Waals surface area contributed by atoms with Crippen LogP contribution in [-0.4, -0.2) is 22.6 Å². The van der Waals surface area contributed by atoms with Gasteiger partial charge in [0.05, 0.1) is 20.7 Å². The molecule has 0 saturated heterocycles. The van der Waals surface area contributed by atoms with E-state index in [1.54, 1.807) is 29.5 Å². The van der Waals surface area contributed by atoms with Crippen LogP contribution in [0.1, 0.15) is 17.3 Å². The van der Waals surface area contributed by atoms with Gasteiger partial charge in [-0.05, 0) is 45.4 Å². The van der Waals surface area contributed by atoms with Crippen molar-refractivity contribution >= 4 is 50.2 Å². The second-order valence-electron chi connectivity index (χ2n) is 2.90. The van der Waals surface area contributed by atoms with E-state index in [1.165, 1.54) is 0 Å². The van der Waals surface area contributed by atoms with Crippen molar-refractivity contribution < 1.29 is 19.6 Å². The molecule has 0 atom stereocenters. The summed E-state index contributed by atoms with van der Waals surface area (Å²) in [5.74, 6) is -1.16. The maximum Gasteiger partial charge on any atom is 0.337 e. The number of carboxylic acid groups (broad SMARTS) is 1. The molecule has 17 heavy (non-hydrogen) atoms. The molecule has 0 heterocycles. The summed E-state index contributed by atoms with van der Waals surface area (Å²) in [5.41, 5.74) is -0.513. The Hall–Kier alpha value is -0.900. The molecule has 1 aromatic rings. The standard InChI is InChI=1S/C9H7BrINO5/c1-2-17-8-5(12(15)16)3-4(9(13)14)6(10)7(8)11/h3H,2H2,1H3,(H,13,14). The summed E-state index contributed by atoms with van der Waals surface area (Å²) in [7, 11) is 0. The lowest BCUT2D eigenvalue weighted by atomic mass is 10.2. The molecular formula is C9H7BrINO5. The van der Waals surface area contributed by atoms with Crippen LogP contribution in [0.5, 0.6) is 5.75 Å². The van der Waals surface area contributed by atoms with Gasteiger partial charge in [-0.2, -0.15) is 0 Å². The highest BCUT2D eigenvalue weighted by molar-refractivity contribution is 14.1. The molecule has 92 valence electrons. The molecule has 0 aliphatic heterocycles. The fourth-order valence-electron chi connectivity index (χ4n) is 1.17. The first-order chi connectivity index (χ1) is 7.90. The normalized spacial score (nSPS) is 10.1. The summed E-state index contributed by atoms with van der Waals surface area (Å²) in [6.07, 6.45) is 0. The Morgan fingerprint density at radius 1 is 1.71 bits per heavy atom. The van der Waals surface area contributed by atoms with Crippen LogP contribution in [0.25, 0.3) is 0 Å². The van der Waals surface area contributed by atoms with Gasteiger partial charge in [0.2, 0.25) is 5.75 Å². The van der Waals surface area contributed by atoms with Crippen molar-refractivity contribution in [2.75, 3.05) is 6.61 Å². The molecule has 0 aliphatic rings. The molecule has 0 aromatic heterocycles. The Labute approximate surface area is 118 Å². The van der Waals surface area contributed by atoms with E-state index in [0.717, 1.165) is 6.07 Å². The number of carboxylic acids is 1. The molecule has 0 aliphatic carbocycles. The van der Waals surface area contributed by atoms with Gasteiger partial charge in [-0.15, -0.1) is 0 Å². The third kappa shape index (κ3) is 2.86. The Balaban J connectivity index is 3.56. The van der Waals surface area contributed by atoms with Gasteiger partial charge in [0, 0.05) is 10.5 Å². The Morgan fingerprint density at radius 3 is 2.71 bits per heavy atom. The van der Waals surface area contributed by atoms with E-state index in [-0.39, 0.29) is 28.1 Å². The van der Waals surface area contributed by atoms with Crippen LogP contribution < -0.4 is 4.74 Å². The summed E-state index contributed by atoms with van der Waals surface area (Å²) in [5, 5.41) is 19.8. The number of carbonyl (C=O) groups is 1. The van der Waals surface area contributed by atoms with E-state index in [9.17, 15) is 14.9 Å². The molecule has 8 heteroatoms. The minimum atomic E-state index is -1.24. The molecule has 0 spiro atoms. The maximum atomic E-state index is 10.9. The second kappa shape index (κ2) is 5.63. The van der Waals surface area contributed by atoms with Crippen molar-refractivity contribution in [1.29, 1.82) is 0 Å². The molecule has 0 fully saturated rings. The average molecular weight is 416 g/mol. The number of nitrogens with zero attached hydrogens (tertiary/aromatic N) is 1. The first-order valence-corrected chi connectivity index (χ1v) is 6.29. The Morgan fingerprint density at radius 2 is 2.29 bits per heavy atom. The highest BCUT2D eigenvalue weighted by Gasteiger charge is 2.26. The van der Waals surface area contributed by atoms with Gasteiger partial charge in [0.25, 0.3) is 0 Å². The summed E-state index contributed by atoms with van der Waals surface area (Å²) < 4.78 is 5.82. The molecule has 0 amide bonds. The van der Waals surface area contributed by atoms with E-state index in [2.05, 4.69) is 15.9 Å². The van der Waals surface area contributed by atoms with Gasteiger partial charge >= 0.3 is 11.7 Å². The molecular weight excluding hydrogens is 409 g/mol. The fraction of sp³-hybridized carbons (Fsp3) is 0.222. The number of hydrogen-bond donors (Lipinski definition) is 1. The second-order valence-corrected chi connectivity index (χ2v) is 4.77. The first-order valence-electron chi connectivity index (χ1n) is 4.42. The number of nitro groups is 1. The molecule has 1 aromatic carbocycles. The van der Waals surface area contributed by atoms with Gasteiger partial charge in [-0.25, -0.2) is 4.79 Å². The van der Waals surface area contributed by atoms with Crippen molar-refractivity contribution in [1.82, 2.24) is 0 Å². The highest BCUT2D eigenvalue weighted by atomic mass is 127. The van der Waals surface area contributed by atoms with Crippen molar-refractivity contribution in [3.05, 3.63) is 29.8 Å². The van der Waals surface area contributed by atoms with E-state index in [1.807, 2.05) is 0 Å². The lowest BCUT2D eigenvalue weighted by Crippen LogP contribution is -2.05. The number of rotatable bonds is 4. The van der Waals surface area contributed by atoms with Gasteiger partial charge in [0.1, 0.15) is 0 Å². The Bertz CT molecular complexity index is 491. The number of hydrogen-bond acceptors (Lipinski definition) is 4. The maximum absolute atomic E-state index is 10.9. The number of nitro benzene ring substituents is 1. The number of benzene rings is 1. The van der Waals surface area contributed by atoms with E-state index >= 15 is 0 Å². The quantitative estimate of drug-likeness (QED) is 0.463. The van der Waals surface area contributed by atoms with Gasteiger partial charge in [0.15, 0.2) is 0 Å². The van der Waals surface area contributed by atoms with Crippen molar-refractivity contribution in [2.24, 2.45) is 0 Å². The van der Waals surface area contributed by atoms with Crippen LogP contribution in [0.3, 0.4) is 0 Å². The highest BCUT2D eigenvalue weighted by Crippen LogP contribution is 2.39. The number of aromatic carboxylic acids is 1. The van der Waals surface area contributed by atoms with Crippen LogP contribution >= 0.6 is 38.5 Å². The van der Waals surface area contributed by atoms with Crippen LogP contribution in [-0.2, 0) is 0 Å². The lowest BCUT2D eigenvalue weighted by Gasteiger charge is -2.10. The summed E-state index contributed by atoms with van der Waals surface area (Å²) in [6.45, 7) is 1.95. The molecule has 0 bridgehead atoms. The fourth-order valence-corrected chi connectivity index (χ4v) is 2.36. The number of halogens is 2. The van der Waals surface area contributed by atoms with Crippen LogP contribution in [0.4, 0.5) is 5.69 Å². The topological polar surface area (TPSA) is 89.7 Å². The number of ether oxygens (including phenoxy) is 1. The third-order valence-electron chi connectivity index (χ3n) is 1.86. The zero-order valence-corrected chi connectivity index (χ0v) is 12.3. The van der Waals surface area contributed by atoms with E-state index in [4.69, 9.17) is 9.84 Å². The zero-order valence-electron chi connectivity index (χ0n) is 8.57. The summed E-state index contributed by atoms with van der Waals surface area (Å²) in [4.78, 5) is 21.1. The van der Waals surface area contributed by atoms with Crippen molar-refractivity contribution in [3.63, 3.8) is 0 Å². The molecule has 0 unspecified atom stereocenters. The van der Waals surface area contributed by atoms with Gasteiger partial charge in [-0.1, -0.05) is 0 Å². The smallest absolute Gasteiger partial charge is 0.337 e. The largest absolute Gasteiger partial charge is 0.486 e. The zero-order chi connectivity index (χ0) is 13.2. The predicted octanol–water partition coefficient (Wildman–Crippen LogP) is 3.06. The van der Waals surface area contributed by atoms with E-state index < -0.39 is 10.9 Å². The van der Waals surface area contributed by atoms with Crippen LogP contribution in [0, 0.1) is 13.7 Å².